The summed E-state index contributed by atoms with van der Waals surface area (Å²) < 4.78 is 6.42. The molecule has 0 N–H and O–H groups in total. The molecule has 1 nitrogen and oxygen atoms in total. The molecule has 0 aliphatic carbocycles. The highest BCUT2D eigenvalue weighted by Crippen LogP contribution is 2.38. The molecule has 0 aromatic rings. The van der Waals surface area contributed by atoms with Crippen molar-refractivity contribution in [2.45, 2.75) is 73.0 Å². The van der Waals surface area contributed by atoms with Gasteiger partial charge in [0.2, 0.25) is 8.32 Å². The van der Waals surface area contributed by atoms with Crippen molar-refractivity contribution in [3.63, 3.8) is 0 Å². The SMILES string of the molecule is CC(C)/C=C/C(=C/CC(C)C)O[Si](C)(C)C(C)(C)C. The third kappa shape index (κ3) is 7.61. The molecule has 112 valence electrons. The molecule has 0 rings (SSSR count). The van der Waals surface area contributed by atoms with Crippen molar-refractivity contribution in [1.29, 1.82) is 0 Å². The lowest BCUT2D eigenvalue weighted by atomic mass is 10.1. The molecule has 0 aliphatic rings. The van der Waals surface area contributed by atoms with Crippen LogP contribution in [0.2, 0.25) is 18.1 Å². The van der Waals surface area contributed by atoms with Crippen LogP contribution in [0.5, 0.6) is 0 Å². The molecule has 0 fully saturated rings. The Kier molecular flexibility index (Phi) is 7.13. The van der Waals surface area contributed by atoms with Gasteiger partial charge in [-0.15, -0.1) is 0 Å². The molecule has 19 heavy (non-hydrogen) atoms. The summed E-state index contributed by atoms with van der Waals surface area (Å²) in [5.74, 6) is 2.30. The van der Waals surface area contributed by atoms with Crippen LogP contribution in [0.3, 0.4) is 0 Å². The van der Waals surface area contributed by atoms with Gasteiger partial charge < -0.3 is 4.43 Å². The van der Waals surface area contributed by atoms with Gasteiger partial charge in [0.15, 0.2) is 0 Å². The first-order chi connectivity index (χ1) is 8.45. The van der Waals surface area contributed by atoms with Crippen LogP contribution in [-0.4, -0.2) is 8.32 Å². The van der Waals surface area contributed by atoms with E-state index in [-0.39, 0.29) is 5.04 Å². The first-order valence-electron chi connectivity index (χ1n) is 7.53. The molecule has 0 atom stereocenters. The Bertz CT molecular complexity index is 317. The Morgan fingerprint density at radius 3 is 2.00 bits per heavy atom. The van der Waals surface area contributed by atoms with Crippen LogP contribution in [0.25, 0.3) is 0 Å². The van der Waals surface area contributed by atoms with Crippen molar-refractivity contribution in [1.82, 2.24) is 0 Å². The maximum absolute atomic E-state index is 6.42. The van der Waals surface area contributed by atoms with Crippen molar-refractivity contribution >= 4 is 8.32 Å². The third-order valence-corrected chi connectivity index (χ3v) is 7.97. The lowest BCUT2D eigenvalue weighted by molar-refractivity contribution is 0.395. The van der Waals surface area contributed by atoms with Gasteiger partial charge in [0.25, 0.3) is 0 Å². The van der Waals surface area contributed by atoms with Crippen LogP contribution in [0.4, 0.5) is 0 Å². The number of rotatable bonds is 6. The van der Waals surface area contributed by atoms with Crippen molar-refractivity contribution in [3.8, 4) is 0 Å². The standard InChI is InChI=1S/C17H34OSi/c1-14(2)10-12-16(13-11-15(3)4)18-19(8,9)17(5,6)7/h10,12-15H,11H2,1-9H3/b12-10+,16-13-. The van der Waals surface area contributed by atoms with Crippen LogP contribution in [0, 0.1) is 11.8 Å². The lowest BCUT2D eigenvalue weighted by Crippen LogP contribution is -2.40. The summed E-state index contributed by atoms with van der Waals surface area (Å²) in [5.41, 5.74) is 0. The van der Waals surface area contributed by atoms with Gasteiger partial charge in [-0.1, -0.05) is 54.5 Å². The molecule has 0 aromatic heterocycles. The summed E-state index contributed by atoms with van der Waals surface area (Å²) in [5, 5.41) is 0.246. The van der Waals surface area contributed by atoms with Gasteiger partial charge in [-0.25, -0.2) is 0 Å². The van der Waals surface area contributed by atoms with Gasteiger partial charge in [0.1, 0.15) is 0 Å². The minimum atomic E-state index is -1.73. The Morgan fingerprint density at radius 2 is 1.63 bits per heavy atom. The Balaban J connectivity index is 5.01. The molecule has 0 aromatic carbocycles. The van der Waals surface area contributed by atoms with Gasteiger partial charge in [0, 0.05) is 0 Å². The second kappa shape index (κ2) is 7.32. The van der Waals surface area contributed by atoms with Gasteiger partial charge in [-0.3, -0.25) is 0 Å². The predicted octanol–water partition coefficient (Wildman–Crippen LogP) is 6.15. The number of allylic oxidation sites excluding steroid dienone is 3. The normalized spacial score (nSPS) is 14.8. The molecular formula is C17H34OSi. The molecule has 0 bridgehead atoms. The minimum absolute atomic E-state index is 0.246. The Labute approximate surface area is 122 Å². The summed E-state index contributed by atoms with van der Waals surface area (Å²) in [6.07, 6.45) is 7.71. The van der Waals surface area contributed by atoms with Crippen LogP contribution in [0.15, 0.2) is 24.0 Å². The van der Waals surface area contributed by atoms with Crippen LogP contribution in [-0.2, 0) is 4.43 Å². The van der Waals surface area contributed by atoms with E-state index in [1.165, 1.54) is 0 Å². The van der Waals surface area contributed by atoms with Gasteiger partial charge in [-0.05, 0) is 48.5 Å². The van der Waals surface area contributed by atoms with Crippen molar-refractivity contribution in [2.75, 3.05) is 0 Å². The average molecular weight is 283 g/mol. The molecule has 2 heteroatoms. The fourth-order valence-corrected chi connectivity index (χ4v) is 2.28. The molecule has 0 amide bonds. The summed E-state index contributed by atoms with van der Waals surface area (Å²) in [4.78, 5) is 0. The minimum Gasteiger partial charge on any atom is -0.544 e. The average Bonchev–Trinajstić information content (AvgIpc) is 2.19. The molecule has 0 heterocycles. The van der Waals surface area contributed by atoms with Gasteiger partial charge in [-0.2, -0.15) is 0 Å². The topological polar surface area (TPSA) is 9.23 Å². The number of hydrogen-bond acceptors (Lipinski definition) is 1. The molecule has 0 radical (unpaired) electrons. The molecule has 0 unspecified atom stereocenters. The fourth-order valence-electron chi connectivity index (χ4n) is 1.23. The Morgan fingerprint density at radius 1 is 1.11 bits per heavy atom. The summed E-state index contributed by atoms with van der Waals surface area (Å²) in [6.45, 7) is 20.3. The maximum Gasteiger partial charge on any atom is 0.250 e. The molecular weight excluding hydrogens is 248 g/mol. The second-order valence-corrected chi connectivity index (χ2v) is 12.4. The van der Waals surface area contributed by atoms with E-state index in [2.05, 4.69) is 79.8 Å². The van der Waals surface area contributed by atoms with E-state index in [4.69, 9.17) is 4.43 Å². The largest absolute Gasteiger partial charge is 0.544 e. The molecule has 0 spiro atoms. The third-order valence-electron chi connectivity index (χ3n) is 3.62. The smallest absolute Gasteiger partial charge is 0.250 e. The Hall–Kier alpha value is -0.503. The fraction of sp³-hybridized carbons (Fsp3) is 0.765. The van der Waals surface area contributed by atoms with Crippen LogP contribution in [0.1, 0.15) is 54.9 Å². The monoisotopic (exact) mass is 282 g/mol. The molecule has 0 saturated heterocycles. The molecule has 0 saturated carbocycles. The van der Waals surface area contributed by atoms with Crippen molar-refractivity contribution in [3.05, 3.63) is 24.0 Å². The van der Waals surface area contributed by atoms with E-state index in [9.17, 15) is 0 Å². The zero-order valence-electron chi connectivity index (χ0n) is 14.5. The van der Waals surface area contributed by atoms with E-state index < -0.39 is 8.32 Å². The molecule has 0 aliphatic heterocycles. The lowest BCUT2D eigenvalue weighted by Gasteiger charge is -2.37. The van der Waals surface area contributed by atoms with E-state index in [1.54, 1.807) is 0 Å². The zero-order valence-corrected chi connectivity index (χ0v) is 15.5. The van der Waals surface area contributed by atoms with Gasteiger partial charge >= 0.3 is 0 Å². The van der Waals surface area contributed by atoms with Crippen molar-refractivity contribution in [2.24, 2.45) is 11.8 Å². The quantitative estimate of drug-likeness (QED) is 0.322. The van der Waals surface area contributed by atoms with Crippen LogP contribution < -0.4 is 0 Å². The first kappa shape index (κ1) is 18.5. The highest BCUT2D eigenvalue weighted by molar-refractivity contribution is 6.74. The van der Waals surface area contributed by atoms with E-state index in [0.717, 1.165) is 12.2 Å². The first-order valence-corrected chi connectivity index (χ1v) is 10.4. The zero-order chi connectivity index (χ0) is 15.3. The highest BCUT2D eigenvalue weighted by atomic mass is 28.4. The van der Waals surface area contributed by atoms with E-state index >= 15 is 0 Å². The number of hydrogen-bond donors (Lipinski definition) is 0. The van der Waals surface area contributed by atoms with Gasteiger partial charge in [0.05, 0.1) is 5.76 Å². The highest BCUT2D eigenvalue weighted by Gasteiger charge is 2.39. The summed E-state index contributed by atoms with van der Waals surface area (Å²) >= 11 is 0. The predicted molar refractivity (Wildman–Crippen MR) is 89.8 cm³/mol. The van der Waals surface area contributed by atoms with Crippen molar-refractivity contribution < 1.29 is 4.43 Å². The second-order valence-electron chi connectivity index (χ2n) is 7.70. The van der Waals surface area contributed by atoms with E-state index in [0.29, 0.717) is 11.8 Å². The summed E-state index contributed by atoms with van der Waals surface area (Å²) in [6, 6.07) is 0. The van der Waals surface area contributed by atoms with E-state index in [1.807, 2.05) is 0 Å². The maximum atomic E-state index is 6.42. The van der Waals surface area contributed by atoms with Crippen LogP contribution >= 0.6 is 0 Å². The summed E-state index contributed by atoms with van der Waals surface area (Å²) in [7, 11) is -1.73.